The second kappa shape index (κ2) is 6.25. The summed E-state index contributed by atoms with van der Waals surface area (Å²) in [6.45, 7) is -1.57. The van der Waals surface area contributed by atoms with Crippen LogP contribution in [-0.2, 0) is 15.7 Å². The smallest absolute Gasteiger partial charge is 0.366 e. The third-order valence-corrected chi connectivity index (χ3v) is 3.74. The molecule has 24 heavy (non-hydrogen) atoms. The molecule has 1 saturated heterocycles. The zero-order valence-electron chi connectivity index (χ0n) is 12.5. The maximum Gasteiger partial charge on any atom is 0.419 e. The van der Waals surface area contributed by atoms with Gasteiger partial charge in [0.15, 0.2) is 5.60 Å². The Kier molecular flexibility index (Phi) is 4.82. The molecule has 0 unspecified atom stereocenters. The fraction of sp³-hybridized carbons (Fsp3) is 0.500. The number of para-hydroxylation sites is 1. The quantitative estimate of drug-likeness (QED) is 0.844. The van der Waals surface area contributed by atoms with Gasteiger partial charge in [-0.05, 0) is 12.1 Å². The number of alkyl halides is 6. The van der Waals surface area contributed by atoms with Crippen LogP contribution >= 0.6 is 0 Å². The van der Waals surface area contributed by atoms with Crippen LogP contribution in [0.4, 0.5) is 32.0 Å². The number of rotatable bonds is 4. The van der Waals surface area contributed by atoms with Crippen LogP contribution in [0.1, 0.15) is 5.56 Å². The van der Waals surface area contributed by atoms with E-state index in [1.807, 2.05) is 0 Å². The van der Waals surface area contributed by atoms with Crippen molar-refractivity contribution in [2.75, 3.05) is 32.1 Å². The van der Waals surface area contributed by atoms with E-state index in [9.17, 15) is 31.1 Å². The molecule has 0 aromatic heterocycles. The van der Waals surface area contributed by atoms with Crippen LogP contribution in [-0.4, -0.2) is 49.3 Å². The van der Waals surface area contributed by atoms with Crippen molar-refractivity contribution < 1.29 is 35.9 Å². The van der Waals surface area contributed by atoms with E-state index < -0.39 is 54.7 Å². The fourth-order valence-corrected chi connectivity index (χ4v) is 2.44. The first kappa shape index (κ1) is 18.5. The van der Waals surface area contributed by atoms with E-state index in [0.717, 1.165) is 24.1 Å². The summed E-state index contributed by atoms with van der Waals surface area (Å²) in [6, 6.07) is 4.36. The largest absolute Gasteiger partial charge is 0.419 e. The molecule has 134 valence electrons. The predicted molar refractivity (Wildman–Crippen MR) is 72.3 cm³/mol. The van der Waals surface area contributed by atoms with Crippen molar-refractivity contribution >= 4 is 11.6 Å². The maximum atomic E-state index is 12.8. The molecule has 0 atom stereocenters. The molecule has 1 fully saturated rings. The molecule has 1 N–H and O–H groups in total. The van der Waals surface area contributed by atoms with Gasteiger partial charge in [-0.25, -0.2) is 0 Å². The fourth-order valence-electron chi connectivity index (χ4n) is 2.44. The molecule has 2 rings (SSSR count). The molecule has 1 aromatic carbocycles. The van der Waals surface area contributed by atoms with E-state index in [1.54, 1.807) is 0 Å². The summed E-state index contributed by atoms with van der Waals surface area (Å²) in [6.07, 6.45) is -9.24. The van der Waals surface area contributed by atoms with Gasteiger partial charge in [-0.2, -0.15) is 26.3 Å². The van der Waals surface area contributed by atoms with Crippen molar-refractivity contribution in [3.8, 4) is 0 Å². The average Bonchev–Trinajstić information content (AvgIpc) is 2.40. The zero-order chi connectivity index (χ0) is 18.2. The van der Waals surface area contributed by atoms with Gasteiger partial charge < -0.3 is 10.1 Å². The Morgan fingerprint density at radius 3 is 2.29 bits per heavy atom. The molecule has 1 aromatic rings. The lowest BCUT2D eigenvalue weighted by atomic mass is 9.93. The van der Waals surface area contributed by atoms with Crippen molar-refractivity contribution in [2.45, 2.75) is 18.0 Å². The van der Waals surface area contributed by atoms with Crippen molar-refractivity contribution in [1.29, 1.82) is 0 Å². The van der Waals surface area contributed by atoms with Gasteiger partial charge in [0.05, 0.1) is 17.8 Å². The SMILES string of the molecule is COC1(C(F)(F)F)CN(CC(=O)Nc2ccccc2C(F)(F)F)C1. The minimum Gasteiger partial charge on any atom is -0.366 e. The van der Waals surface area contributed by atoms with E-state index in [2.05, 4.69) is 10.1 Å². The summed E-state index contributed by atoms with van der Waals surface area (Å²) in [7, 11) is 0.921. The Bertz CT molecular complexity index is 608. The van der Waals surface area contributed by atoms with Crippen molar-refractivity contribution in [2.24, 2.45) is 0 Å². The highest BCUT2D eigenvalue weighted by Gasteiger charge is 2.62. The standard InChI is InChI=1S/C14H14F6N2O2/c1-24-12(14(18,19)20)7-22(8-12)6-11(23)21-10-5-3-2-4-9(10)13(15,16)17/h2-5H,6-8H2,1H3,(H,21,23). The molecule has 0 radical (unpaired) electrons. The molecule has 1 amide bonds. The minimum absolute atomic E-state index is 0.440. The van der Waals surface area contributed by atoms with Gasteiger partial charge in [0.25, 0.3) is 0 Å². The number of anilines is 1. The van der Waals surface area contributed by atoms with Gasteiger partial charge in [-0.1, -0.05) is 12.1 Å². The minimum atomic E-state index is -4.65. The van der Waals surface area contributed by atoms with Crippen LogP contribution in [0.5, 0.6) is 0 Å². The number of nitrogens with zero attached hydrogens (tertiary/aromatic N) is 1. The lowest BCUT2D eigenvalue weighted by Gasteiger charge is -2.49. The zero-order valence-corrected chi connectivity index (χ0v) is 12.5. The van der Waals surface area contributed by atoms with Crippen LogP contribution in [0, 0.1) is 0 Å². The summed E-state index contributed by atoms with van der Waals surface area (Å²) in [5, 5.41) is 2.08. The molecule has 1 aliphatic heterocycles. The highest BCUT2D eigenvalue weighted by atomic mass is 19.4. The average molecular weight is 356 g/mol. The number of hydrogen-bond acceptors (Lipinski definition) is 3. The first-order valence-corrected chi connectivity index (χ1v) is 6.79. The van der Waals surface area contributed by atoms with Gasteiger partial charge in [-0.3, -0.25) is 9.69 Å². The van der Waals surface area contributed by atoms with E-state index in [4.69, 9.17) is 0 Å². The topological polar surface area (TPSA) is 41.6 Å². The van der Waals surface area contributed by atoms with Gasteiger partial charge >= 0.3 is 12.4 Å². The third-order valence-electron chi connectivity index (χ3n) is 3.74. The molecule has 0 spiro atoms. The summed E-state index contributed by atoms with van der Waals surface area (Å²) in [4.78, 5) is 12.9. The number of likely N-dealkylation sites (tertiary alicyclic amines) is 1. The Labute approximate surface area is 133 Å². The molecule has 10 heteroatoms. The second-order valence-electron chi connectivity index (χ2n) is 5.43. The second-order valence-corrected chi connectivity index (χ2v) is 5.43. The highest BCUT2D eigenvalue weighted by Crippen LogP contribution is 2.40. The molecule has 0 bridgehead atoms. The monoisotopic (exact) mass is 356 g/mol. The summed E-state index contributed by atoms with van der Waals surface area (Å²) in [5.74, 6) is -0.835. The molecule has 4 nitrogen and oxygen atoms in total. The number of carbonyl (C=O) groups excluding carboxylic acids is 1. The Balaban J connectivity index is 1.97. The Hall–Kier alpha value is -1.81. The van der Waals surface area contributed by atoms with Gasteiger partial charge in [0.1, 0.15) is 0 Å². The molecular formula is C14H14F6N2O2. The van der Waals surface area contributed by atoms with Gasteiger partial charge in [0, 0.05) is 20.2 Å². The van der Waals surface area contributed by atoms with Crippen LogP contribution in [0.25, 0.3) is 0 Å². The number of ether oxygens (including phenoxy) is 1. The lowest BCUT2D eigenvalue weighted by Crippen LogP contribution is -2.70. The number of carbonyl (C=O) groups is 1. The van der Waals surface area contributed by atoms with Crippen LogP contribution in [0.3, 0.4) is 0 Å². The number of benzene rings is 1. The Morgan fingerprint density at radius 1 is 1.21 bits per heavy atom. The third kappa shape index (κ3) is 3.64. The van der Waals surface area contributed by atoms with Crippen molar-refractivity contribution in [1.82, 2.24) is 4.90 Å². The van der Waals surface area contributed by atoms with Crippen molar-refractivity contribution in [3.63, 3.8) is 0 Å². The number of amides is 1. The molecule has 0 aliphatic carbocycles. The van der Waals surface area contributed by atoms with E-state index >= 15 is 0 Å². The predicted octanol–water partition coefficient (Wildman–Crippen LogP) is 2.91. The van der Waals surface area contributed by atoms with Crippen LogP contribution < -0.4 is 5.32 Å². The summed E-state index contributed by atoms with van der Waals surface area (Å²) in [5.41, 5.74) is -3.80. The normalized spacial score (nSPS) is 18.1. The van der Waals surface area contributed by atoms with E-state index in [1.165, 1.54) is 12.1 Å². The summed E-state index contributed by atoms with van der Waals surface area (Å²) < 4.78 is 81.4. The molecule has 0 saturated carbocycles. The van der Waals surface area contributed by atoms with E-state index in [0.29, 0.717) is 0 Å². The molecule has 1 aliphatic rings. The maximum absolute atomic E-state index is 12.8. The number of methoxy groups -OCH3 is 1. The van der Waals surface area contributed by atoms with Crippen molar-refractivity contribution in [3.05, 3.63) is 29.8 Å². The highest BCUT2D eigenvalue weighted by molar-refractivity contribution is 5.93. The lowest BCUT2D eigenvalue weighted by molar-refractivity contribution is -0.309. The van der Waals surface area contributed by atoms with Crippen LogP contribution in [0.15, 0.2) is 24.3 Å². The first-order valence-electron chi connectivity index (χ1n) is 6.79. The Morgan fingerprint density at radius 2 is 1.79 bits per heavy atom. The summed E-state index contributed by atoms with van der Waals surface area (Å²) >= 11 is 0. The van der Waals surface area contributed by atoms with Gasteiger partial charge in [0.2, 0.25) is 5.91 Å². The molecule has 1 heterocycles. The number of nitrogens with one attached hydrogen (secondary N) is 1. The molecular weight excluding hydrogens is 342 g/mol. The first-order chi connectivity index (χ1) is 11.0. The number of hydrogen-bond donors (Lipinski definition) is 1. The number of halogens is 6. The van der Waals surface area contributed by atoms with Gasteiger partial charge in [-0.15, -0.1) is 0 Å². The van der Waals surface area contributed by atoms with Crippen LogP contribution in [0.2, 0.25) is 0 Å². The van der Waals surface area contributed by atoms with E-state index in [-0.39, 0.29) is 0 Å².